The van der Waals surface area contributed by atoms with E-state index in [9.17, 15) is 0 Å². The van der Waals surface area contributed by atoms with Crippen molar-refractivity contribution in [1.82, 2.24) is 10.2 Å². The van der Waals surface area contributed by atoms with E-state index in [1.165, 1.54) is 11.3 Å². The van der Waals surface area contributed by atoms with Crippen molar-refractivity contribution < 1.29 is 0 Å². The quantitative estimate of drug-likeness (QED) is 0.755. The molecular weight excluding hydrogens is 270 g/mol. The Morgan fingerprint density at radius 3 is 2.45 bits per heavy atom. The molecule has 0 saturated heterocycles. The second-order valence-electron chi connectivity index (χ2n) is 5.31. The molecule has 1 aromatic rings. The number of hydrogen-bond donors (Lipinski definition) is 1. The lowest BCUT2D eigenvalue weighted by Crippen LogP contribution is -2.33. The van der Waals surface area contributed by atoms with Crippen molar-refractivity contribution in [3.63, 3.8) is 0 Å². The molecule has 1 rings (SSSR count). The highest BCUT2D eigenvalue weighted by atomic mass is 35.5. The lowest BCUT2D eigenvalue weighted by Gasteiger charge is -2.28. The Morgan fingerprint density at radius 2 is 1.85 bits per heavy atom. The first-order valence-corrected chi connectivity index (χ1v) is 7.85. The second kappa shape index (κ2) is 9.22. The largest absolute Gasteiger partial charge is 0.370 e. The summed E-state index contributed by atoms with van der Waals surface area (Å²) in [5.41, 5.74) is 2.48. The number of likely N-dealkylation sites (N-methyl/N-ethyl adjacent to an activating group) is 1. The van der Waals surface area contributed by atoms with Crippen LogP contribution in [0.5, 0.6) is 0 Å². The van der Waals surface area contributed by atoms with Gasteiger partial charge in [-0.15, -0.1) is 0 Å². The molecule has 0 radical (unpaired) electrons. The fourth-order valence-corrected chi connectivity index (χ4v) is 2.45. The molecule has 0 spiro atoms. The smallest absolute Gasteiger partial charge is 0.0471 e. The third-order valence-corrected chi connectivity index (χ3v) is 3.65. The minimum Gasteiger partial charge on any atom is -0.370 e. The van der Waals surface area contributed by atoms with Crippen molar-refractivity contribution in [1.29, 1.82) is 0 Å². The summed E-state index contributed by atoms with van der Waals surface area (Å²) >= 11 is 6.39. The van der Waals surface area contributed by atoms with Gasteiger partial charge in [0.15, 0.2) is 0 Å². The third-order valence-electron chi connectivity index (χ3n) is 3.30. The first-order chi connectivity index (χ1) is 9.60. The van der Waals surface area contributed by atoms with Gasteiger partial charge < -0.3 is 15.1 Å². The average Bonchev–Trinajstić information content (AvgIpc) is 2.42. The maximum absolute atomic E-state index is 6.39. The van der Waals surface area contributed by atoms with Gasteiger partial charge in [0.25, 0.3) is 0 Å². The molecule has 0 saturated carbocycles. The molecule has 0 aliphatic rings. The molecular formula is C16H28ClN3. The highest BCUT2D eigenvalue weighted by Crippen LogP contribution is 2.27. The first-order valence-electron chi connectivity index (χ1n) is 7.47. The average molecular weight is 298 g/mol. The summed E-state index contributed by atoms with van der Waals surface area (Å²) in [5.74, 6) is 0. The van der Waals surface area contributed by atoms with Crippen molar-refractivity contribution in [2.45, 2.75) is 26.8 Å². The van der Waals surface area contributed by atoms with E-state index in [2.05, 4.69) is 49.1 Å². The number of rotatable bonds is 9. The Bertz CT molecular complexity index is 393. The van der Waals surface area contributed by atoms with E-state index in [1.54, 1.807) is 0 Å². The molecule has 0 aliphatic heterocycles. The minimum atomic E-state index is 0.827. The SMILES string of the molecule is CCCN(CCN(C)C)c1cccc(Cl)c1CNCC. The maximum atomic E-state index is 6.39. The molecule has 0 heterocycles. The van der Waals surface area contributed by atoms with Crippen molar-refractivity contribution >= 4 is 17.3 Å². The molecule has 0 unspecified atom stereocenters. The van der Waals surface area contributed by atoms with E-state index >= 15 is 0 Å². The Labute approximate surface area is 128 Å². The van der Waals surface area contributed by atoms with Gasteiger partial charge in [0.05, 0.1) is 0 Å². The van der Waals surface area contributed by atoms with Gasteiger partial charge >= 0.3 is 0 Å². The summed E-state index contributed by atoms with van der Waals surface area (Å²) in [6.07, 6.45) is 1.14. The van der Waals surface area contributed by atoms with Crippen LogP contribution in [0.25, 0.3) is 0 Å². The van der Waals surface area contributed by atoms with Crippen LogP contribution in [0.1, 0.15) is 25.8 Å². The molecule has 1 N–H and O–H groups in total. The van der Waals surface area contributed by atoms with Crippen LogP contribution in [0.3, 0.4) is 0 Å². The maximum Gasteiger partial charge on any atom is 0.0471 e. The van der Waals surface area contributed by atoms with Gasteiger partial charge in [-0.3, -0.25) is 0 Å². The predicted octanol–water partition coefficient (Wildman–Crippen LogP) is 3.23. The van der Waals surface area contributed by atoms with Crippen LogP contribution in [-0.4, -0.2) is 45.2 Å². The molecule has 0 aromatic heterocycles. The number of halogens is 1. The van der Waals surface area contributed by atoms with Crippen LogP contribution in [0.2, 0.25) is 5.02 Å². The molecule has 0 fully saturated rings. The van der Waals surface area contributed by atoms with Crippen LogP contribution in [0.4, 0.5) is 5.69 Å². The zero-order valence-corrected chi connectivity index (χ0v) is 14.0. The molecule has 3 nitrogen and oxygen atoms in total. The predicted molar refractivity (Wildman–Crippen MR) is 89.9 cm³/mol. The van der Waals surface area contributed by atoms with Gasteiger partial charge in [0.2, 0.25) is 0 Å². The van der Waals surface area contributed by atoms with Crippen LogP contribution in [-0.2, 0) is 6.54 Å². The number of benzene rings is 1. The zero-order chi connectivity index (χ0) is 15.0. The molecule has 0 atom stereocenters. The fourth-order valence-electron chi connectivity index (χ4n) is 2.21. The zero-order valence-electron chi connectivity index (χ0n) is 13.2. The van der Waals surface area contributed by atoms with Crippen LogP contribution in [0.15, 0.2) is 18.2 Å². The highest BCUT2D eigenvalue weighted by molar-refractivity contribution is 6.31. The van der Waals surface area contributed by atoms with Crippen molar-refractivity contribution in [3.8, 4) is 0 Å². The van der Waals surface area contributed by atoms with Crippen molar-refractivity contribution in [2.24, 2.45) is 0 Å². The van der Waals surface area contributed by atoms with Gasteiger partial charge in [0, 0.05) is 42.5 Å². The summed E-state index contributed by atoms with van der Waals surface area (Å²) in [4.78, 5) is 4.66. The van der Waals surface area contributed by atoms with Crippen molar-refractivity contribution in [2.75, 3.05) is 45.2 Å². The van der Waals surface area contributed by atoms with E-state index < -0.39 is 0 Å². The summed E-state index contributed by atoms with van der Waals surface area (Å²) < 4.78 is 0. The second-order valence-corrected chi connectivity index (χ2v) is 5.72. The van der Waals surface area contributed by atoms with Gasteiger partial charge in [-0.05, 0) is 39.2 Å². The molecule has 20 heavy (non-hydrogen) atoms. The van der Waals surface area contributed by atoms with E-state index in [0.717, 1.165) is 44.2 Å². The van der Waals surface area contributed by atoms with Crippen LogP contribution >= 0.6 is 11.6 Å². The first kappa shape index (κ1) is 17.3. The van der Waals surface area contributed by atoms with Crippen LogP contribution < -0.4 is 10.2 Å². The topological polar surface area (TPSA) is 18.5 Å². The summed E-state index contributed by atoms with van der Waals surface area (Å²) in [5, 5.41) is 4.24. The molecule has 0 aliphatic carbocycles. The lowest BCUT2D eigenvalue weighted by molar-refractivity contribution is 0.412. The lowest BCUT2D eigenvalue weighted by atomic mass is 10.1. The summed E-state index contributed by atoms with van der Waals surface area (Å²) in [6.45, 7) is 9.26. The number of nitrogens with one attached hydrogen (secondary N) is 1. The Kier molecular flexibility index (Phi) is 7.97. The van der Waals surface area contributed by atoms with E-state index in [1.807, 2.05) is 12.1 Å². The standard InChI is InChI=1S/C16H28ClN3/c1-5-10-20(12-11-19(3)4)16-9-7-8-15(17)14(16)13-18-6-2/h7-9,18H,5-6,10-13H2,1-4H3. The van der Waals surface area contributed by atoms with Crippen molar-refractivity contribution in [3.05, 3.63) is 28.8 Å². The number of nitrogens with zero attached hydrogens (tertiary/aromatic N) is 2. The number of anilines is 1. The number of hydrogen-bond acceptors (Lipinski definition) is 3. The van der Waals surface area contributed by atoms with Gasteiger partial charge in [-0.2, -0.15) is 0 Å². The normalized spacial score (nSPS) is 11.1. The molecule has 0 bridgehead atoms. The van der Waals surface area contributed by atoms with Gasteiger partial charge in [-0.1, -0.05) is 31.5 Å². The highest BCUT2D eigenvalue weighted by Gasteiger charge is 2.13. The molecule has 0 amide bonds. The fraction of sp³-hybridized carbons (Fsp3) is 0.625. The monoisotopic (exact) mass is 297 g/mol. The van der Waals surface area contributed by atoms with Crippen LogP contribution in [0, 0.1) is 0 Å². The minimum absolute atomic E-state index is 0.827. The Morgan fingerprint density at radius 1 is 1.10 bits per heavy atom. The van der Waals surface area contributed by atoms with Gasteiger partial charge in [0.1, 0.15) is 0 Å². The molecule has 1 aromatic carbocycles. The Hall–Kier alpha value is -0.770. The van der Waals surface area contributed by atoms with E-state index in [4.69, 9.17) is 11.6 Å². The summed E-state index contributed by atoms with van der Waals surface area (Å²) in [6, 6.07) is 6.21. The Balaban J connectivity index is 2.95. The van der Waals surface area contributed by atoms with E-state index in [-0.39, 0.29) is 0 Å². The summed E-state index contributed by atoms with van der Waals surface area (Å²) in [7, 11) is 4.23. The van der Waals surface area contributed by atoms with E-state index in [0.29, 0.717) is 0 Å². The molecule has 114 valence electrons. The third kappa shape index (κ3) is 5.31. The van der Waals surface area contributed by atoms with Gasteiger partial charge in [-0.25, -0.2) is 0 Å². The molecule has 4 heteroatoms.